The van der Waals surface area contributed by atoms with E-state index in [4.69, 9.17) is 20.0 Å². The Balaban J connectivity index is 2.71. The number of ether oxygens (including phenoxy) is 1. The highest BCUT2D eigenvalue weighted by Crippen LogP contribution is 2.38. The summed E-state index contributed by atoms with van der Waals surface area (Å²) in [5.74, 6) is 0. The summed E-state index contributed by atoms with van der Waals surface area (Å²) in [4.78, 5) is 17.2. The van der Waals surface area contributed by atoms with Gasteiger partial charge in [0.1, 0.15) is 24.4 Å². The van der Waals surface area contributed by atoms with E-state index in [9.17, 15) is 14.8 Å². The van der Waals surface area contributed by atoms with Crippen molar-refractivity contribution in [2.75, 3.05) is 6.16 Å². The van der Waals surface area contributed by atoms with Gasteiger partial charge in [0.2, 0.25) is 0 Å². The van der Waals surface area contributed by atoms with Crippen molar-refractivity contribution in [1.82, 2.24) is 0 Å². The largest absolute Gasteiger partial charge is 0.388 e. The summed E-state index contributed by atoms with van der Waals surface area (Å²) < 4.78 is 15.2. The third-order valence-corrected chi connectivity index (χ3v) is 2.94. The van der Waals surface area contributed by atoms with Gasteiger partial charge in [-0.1, -0.05) is 0 Å². The Morgan fingerprint density at radius 2 is 1.53 bits per heavy atom. The Hall–Kier alpha value is -0.0500. The quantitative estimate of drug-likeness (QED) is 0.281. The standard InChI is InChI=1S/C6H13O8P/c7-3-2(1-15(11,12)13)14-6(10)5(9)4(3)8/h2-10H,1H2,(H2,11,12,13)/t2-,3-,4+,5-,6-/m1/s1. The highest BCUT2D eigenvalue weighted by molar-refractivity contribution is 7.51. The van der Waals surface area contributed by atoms with E-state index in [-0.39, 0.29) is 0 Å². The van der Waals surface area contributed by atoms with Gasteiger partial charge in [0.25, 0.3) is 0 Å². The minimum atomic E-state index is -4.43. The molecule has 0 spiro atoms. The molecule has 0 aromatic heterocycles. The van der Waals surface area contributed by atoms with E-state index < -0.39 is 44.5 Å². The Morgan fingerprint density at radius 1 is 1.00 bits per heavy atom. The molecule has 1 rings (SSSR count). The van der Waals surface area contributed by atoms with Crippen LogP contribution in [-0.4, -0.2) is 67.1 Å². The summed E-state index contributed by atoms with van der Waals surface area (Å²) in [6.45, 7) is 0. The molecule has 0 bridgehead atoms. The number of hydrogen-bond donors (Lipinski definition) is 6. The SMILES string of the molecule is O=P(O)(O)C[C@H]1O[C@@H](O)[C@H](O)[C@@H](O)[C@@H]1O. The van der Waals surface area contributed by atoms with E-state index in [0.717, 1.165) is 0 Å². The molecule has 0 saturated carbocycles. The van der Waals surface area contributed by atoms with Gasteiger partial charge in [0, 0.05) is 0 Å². The Labute approximate surface area is 84.9 Å². The van der Waals surface area contributed by atoms with Crippen molar-refractivity contribution < 1.29 is 39.5 Å². The zero-order chi connectivity index (χ0) is 11.8. The highest BCUT2D eigenvalue weighted by atomic mass is 31.2. The first kappa shape index (κ1) is 13.0. The maximum atomic E-state index is 10.6. The van der Waals surface area contributed by atoms with E-state index in [0.29, 0.717) is 0 Å². The number of rotatable bonds is 2. The van der Waals surface area contributed by atoms with Gasteiger partial charge in [0.15, 0.2) is 6.29 Å². The van der Waals surface area contributed by atoms with E-state index in [2.05, 4.69) is 4.74 Å². The second-order valence-electron chi connectivity index (χ2n) is 3.38. The molecular weight excluding hydrogens is 231 g/mol. The minimum Gasteiger partial charge on any atom is -0.388 e. The molecule has 5 atom stereocenters. The normalized spacial score (nSPS) is 42.9. The summed E-state index contributed by atoms with van der Waals surface area (Å²) in [5, 5.41) is 36.6. The molecule has 90 valence electrons. The molecular formula is C6H13O8P. The van der Waals surface area contributed by atoms with Crippen molar-refractivity contribution >= 4 is 7.60 Å². The number of aliphatic hydroxyl groups excluding tert-OH is 4. The van der Waals surface area contributed by atoms with Crippen molar-refractivity contribution in [3.05, 3.63) is 0 Å². The molecule has 1 saturated heterocycles. The maximum absolute atomic E-state index is 10.6. The molecule has 1 aliphatic heterocycles. The van der Waals surface area contributed by atoms with Crippen LogP contribution in [0.3, 0.4) is 0 Å². The molecule has 0 radical (unpaired) electrons. The number of hydrogen-bond acceptors (Lipinski definition) is 6. The van der Waals surface area contributed by atoms with Crippen molar-refractivity contribution in [2.24, 2.45) is 0 Å². The van der Waals surface area contributed by atoms with Crippen LogP contribution in [0.2, 0.25) is 0 Å². The fraction of sp³-hybridized carbons (Fsp3) is 1.00. The van der Waals surface area contributed by atoms with Crippen molar-refractivity contribution in [2.45, 2.75) is 30.7 Å². The topological polar surface area (TPSA) is 148 Å². The van der Waals surface area contributed by atoms with Gasteiger partial charge in [-0.15, -0.1) is 0 Å². The molecule has 1 aliphatic rings. The second kappa shape index (κ2) is 4.44. The Bertz CT molecular complexity index is 264. The molecule has 1 heterocycles. The second-order valence-corrected chi connectivity index (χ2v) is 5.08. The lowest BCUT2D eigenvalue weighted by Crippen LogP contribution is -2.58. The molecule has 15 heavy (non-hydrogen) atoms. The molecule has 0 unspecified atom stereocenters. The minimum absolute atomic E-state index is 0.838. The maximum Gasteiger partial charge on any atom is 0.328 e. The third-order valence-electron chi connectivity index (χ3n) is 2.10. The van der Waals surface area contributed by atoms with Crippen molar-refractivity contribution in [3.63, 3.8) is 0 Å². The average Bonchev–Trinajstić information content (AvgIpc) is 2.08. The highest BCUT2D eigenvalue weighted by Gasteiger charge is 2.44. The molecule has 8 nitrogen and oxygen atoms in total. The van der Waals surface area contributed by atoms with Gasteiger partial charge in [-0.25, -0.2) is 0 Å². The van der Waals surface area contributed by atoms with Crippen LogP contribution >= 0.6 is 7.60 Å². The lowest BCUT2D eigenvalue weighted by molar-refractivity contribution is -0.277. The molecule has 1 fully saturated rings. The lowest BCUT2D eigenvalue weighted by atomic mass is 10.0. The van der Waals surface area contributed by atoms with Crippen LogP contribution in [0.15, 0.2) is 0 Å². The Morgan fingerprint density at radius 3 is 2.00 bits per heavy atom. The molecule has 0 amide bonds. The van der Waals surface area contributed by atoms with Crippen LogP contribution < -0.4 is 0 Å². The predicted octanol–water partition coefficient (Wildman–Crippen LogP) is -3.04. The molecule has 6 N–H and O–H groups in total. The summed E-state index contributed by atoms with van der Waals surface area (Å²) >= 11 is 0. The summed E-state index contributed by atoms with van der Waals surface area (Å²) in [7, 11) is -4.43. The molecule has 0 aliphatic carbocycles. The Kier molecular flexibility index (Phi) is 3.85. The first-order valence-electron chi connectivity index (χ1n) is 4.14. The summed E-state index contributed by atoms with van der Waals surface area (Å²) in [6.07, 6.45) is -9.09. The molecule has 0 aromatic rings. The van der Waals surface area contributed by atoms with Crippen LogP contribution in [0, 0.1) is 0 Å². The summed E-state index contributed by atoms with van der Waals surface area (Å²) in [5.41, 5.74) is 0. The average molecular weight is 244 g/mol. The first-order valence-corrected chi connectivity index (χ1v) is 5.94. The third kappa shape index (κ3) is 3.20. The zero-order valence-electron chi connectivity index (χ0n) is 7.54. The predicted molar refractivity (Wildman–Crippen MR) is 45.8 cm³/mol. The zero-order valence-corrected chi connectivity index (χ0v) is 8.44. The van der Waals surface area contributed by atoms with Gasteiger partial charge in [0.05, 0.1) is 6.16 Å². The van der Waals surface area contributed by atoms with Crippen molar-refractivity contribution in [3.8, 4) is 0 Å². The fourth-order valence-electron chi connectivity index (χ4n) is 1.32. The van der Waals surface area contributed by atoms with Gasteiger partial charge in [-0.05, 0) is 0 Å². The van der Waals surface area contributed by atoms with Crippen LogP contribution in [-0.2, 0) is 9.30 Å². The first-order chi connectivity index (χ1) is 6.72. The van der Waals surface area contributed by atoms with Gasteiger partial charge >= 0.3 is 7.60 Å². The summed E-state index contributed by atoms with van der Waals surface area (Å²) in [6, 6.07) is 0. The van der Waals surface area contributed by atoms with Crippen LogP contribution in [0.5, 0.6) is 0 Å². The lowest BCUT2D eigenvalue weighted by Gasteiger charge is -2.38. The van der Waals surface area contributed by atoms with E-state index >= 15 is 0 Å². The van der Waals surface area contributed by atoms with Crippen LogP contribution in [0.4, 0.5) is 0 Å². The van der Waals surface area contributed by atoms with Gasteiger partial charge in [-0.3, -0.25) is 4.57 Å². The molecule has 0 aromatic carbocycles. The van der Waals surface area contributed by atoms with Crippen LogP contribution in [0.25, 0.3) is 0 Å². The van der Waals surface area contributed by atoms with Crippen LogP contribution in [0.1, 0.15) is 0 Å². The van der Waals surface area contributed by atoms with E-state index in [1.54, 1.807) is 0 Å². The number of aliphatic hydroxyl groups is 4. The fourth-order valence-corrected chi connectivity index (χ4v) is 2.09. The monoisotopic (exact) mass is 244 g/mol. The van der Waals surface area contributed by atoms with Crippen molar-refractivity contribution in [1.29, 1.82) is 0 Å². The smallest absolute Gasteiger partial charge is 0.328 e. The van der Waals surface area contributed by atoms with Gasteiger partial charge < -0.3 is 34.9 Å². The van der Waals surface area contributed by atoms with Gasteiger partial charge in [-0.2, -0.15) is 0 Å². The molecule has 9 heteroatoms. The van der Waals surface area contributed by atoms with E-state index in [1.165, 1.54) is 0 Å². The van der Waals surface area contributed by atoms with E-state index in [1.807, 2.05) is 0 Å².